The lowest BCUT2D eigenvalue weighted by Gasteiger charge is -2.26. The van der Waals surface area contributed by atoms with E-state index in [0.29, 0.717) is 17.1 Å². The van der Waals surface area contributed by atoms with Gasteiger partial charge in [-0.1, -0.05) is 28.1 Å². The predicted molar refractivity (Wildman–Crippen MR) is 103 cm³/mol. The first-order valence-corrected chi connectivity index (χ1v) is 11.2. The molecule has 152 valence electrons. The van der Waals surface area contributed by atoms with Crippen LogP contribution in [0.1, 0.15) is 10.9 Å². The minimum atomic E-state index is -5.00. The highest BCUT2D eigenvalue weighted by molar-refractivity contribution is 9.10. The SMILES string of the molecule is COc1ccc(Br)cc1C1SCCN1S(=O)(=O)c1ccccc1OC(F)(F)F. The molecular weight excluding hydrogens is 483 g/mol. The third-order valence-corrected chi connectivity index (χ3v) is 7.74. The highest BCUT2D eigenvalue weighted by Crippen LogP contribution is 2.46. The van der Waals surface area contributed by atoms with Gasteiger partial charge in [0.1, 0.15) is 16.4 Å². The molecule has 1 unspecified atom stereocenters. The molecule has 2 aromatic carbocycles. The molecule has 0 bridgehead atoms. The molecule has 1 aliphatic rings. The van der Waals surface area contributed by atoms with Gasteiger partial charge in [-0.2, -0.15) is 4.31 Å². The van der Waals surface area contributed by atoms with Gasteiger partial charge in [-0.3, -0.25) is 0 Å². The van der Waals surface area contributed by atoms with Crippen LogP contribution in [0.15, 0.2) is 51.8 Å². The number of halogens is 4. The fourth-order valence-electron chi connectivity index (χ4n) is 2.84. The zero-order valence-corrected chi connectivity index (χ0v) is 17.7. The second-order valence-electron chi connectivity index (χ2n) is 5.72. The van der Waals surface area contributed by atoms with Crippen molar-refractivity contribution < 1.29 is 31.1 Å². The minimum Gasteiger partial charge on any atom is -0.496 e. The number of ether oxygens (including phenoxy) is 2. The summed E-state index contributed by atoms with van der Waals surface area (Å²) in [7, 11) is -2.79. The number of nitrogens with zero attached hydrogens (tertiary/aromatic N) is 1. The van der Waals surface area contributed by atoms with Crippen LogP contribution in [0.25, 0.3) is 0 Å². The van der Waals surface area contributed by atoms with Crippen LogP contribution in [0, 0.1) is 0 Å². The van der Waals surface area contributed by atoms with E-state index < -0.39 is 32.4 Å². The van der Waals surface area contributed by atoms with Crippen molar-refractivity contribution in [3.63, 3.8) is 0 Å². The molecule has 1 atom stereocenters. The number of hydrogen-bond acceptors (Lipinski definition) is 5. The molecule has 28 heavy (non-hydrogen) atoms. The Labute approximate surface area is 173 Å². The van der Waals surface area contributed by atoms with Gasteiger partial charge >= 0.3 is 6.36 Å². The van der Waals surface area contributed by atoms with E-state index in [4.69, 9.17) is 4.74 Å². The third-order valence-electron chi connectivity index (χ3n) is 3.97. The predicted octanol–water partition coefficient (Wildman–Crippen LogP) is 4.79. The molecule has 0 radical (unpaired) electrons. The zero-order chi connectivity index (χ0) is 20.5. The van der Waals surface area contributed by atoms with Crippen LogP contribution in [-0.4, -0.2) is 38.5 Å². The summed E-state index contributed by atoms with van der Waals surface area (Å²) in [6.07, 6.45) is -5.00. The maximum atomic E-state index is 13.2. The zero-order valence-electron chi connectivity index (χ0n) is 14.4. The van der Waals surface area contributed by atoms with Crippen LogP contribution < -0.4 is 9.47 Å². The molecule has 1 heterocycles. The van der Waals surface area contributed by atoms with Gasteiger partial charge in [-0.15, -0.1) is 24.9 Å². The van der Waals surface area contributed by atoms with Crippen LogP contribution in [0.5, 0.6) is 11.5 Å². The standard InChI is InChI=1S/C17H15BrF3NO4S2/c1-25-13-7-6-11(18)10-12(13)16-22(8-9-27-16)28(23,24)15-5-3-2-4-14(15)26-17(19,20)21/h2-7,10,16H,8-9H2,1H3. The summed E-state index contributed by atoms with van der Waals surface area (Å²) in [6.45, 7) is 0.147. The fourth-order valence-corrected chi connectivity index (χ4v) is 6.58. The summed E-state index contributed by atoms with van der Waals surface area (Å²) in [6, 6.07) is 9.92. The van der Waals surface area contributed by atoms with E-state index in [1.54, 1.807) is 18.2 Å². The molecule has 0 amide bonds. The van der Waals surface area contributed by atoms with Gasteiger partial charge in [0.15, 0.2) is 0 Å². The number of para-hydroxylation sites is 1. The first-order valence-electron chi connectivity index (χ1n) is 7.95. The monoisotopic (exact) mass is 497 g/mol. The Morgan fingerprint density at radius 1 is 1.18 bits per heavy atom. The average molecular weight is 498 g/mol. The fraction of sp³-hybridized carbons (Fsp3) is 0.294. The Bertz CT molecular complexity index is 969. The number of thioether (sulfide) groups is 1. The number of rotatable bonds is 5. The summed E-state index contributed by atoms with van der Waals surface area (Å²) < 4.78 is 75.8. The highest BCUT2D eigenvalue weighted by Gasteiger charge is 2.41. The van der Waals surface area contributed by atoms with Crippen molar-refractivity contribution >= 4 is 37.7 Å². The lowest BCUT2D eigenvalue weighted by Crippen LogP contribution is -2.31. The third kappa shape index (κ3) is 4.42. The lowest BCUT2D eigenvalue weighted by molar-refractivity contribution is -0.275. The van der Waals surface area contributed by atoms with Crippen LogP contribution in [0.2, 0.25) is 0 Å². The Hall–Kier alpha value is -1.43. The molecule has 1 aliphatic heterocycles. The van der Waals surface area contributed by atoms with Gasteiger partial charge in [0, 0.05) is 22.3 Å². The molecule has 1 fully saturated rings. The lowest BCUT2D eigenvalue weighted by atomic mass is 10.2. The minimum absolute atomic E-state index is 0.147. The van der Waals surface area contributed by atoms with Crippen LogP contribution in [0.4, 0.5) is 13.2 Å². The van der Waals surface area contributed by atoms with Crippen molar-refractivity contribution in [3.8, 4) is 11.5 Å². The van der Waals surface area contributed by atoms with E-state index in [9.17, 15) is 21.6 Å². The van der Waals surface area contributed by atoms with Gasteiger partial charge in [0.05, 0.1) is 12.5 Å². The molecule has 0 aliphatic carbocycles. The van der Waals surface area contributed by atoms with Crippen LogP contribution >= 0.6 is 27.7 Å². The summed E-state index contributed by atoms with van der Waals surface area (Å²) in [5, 5.41) is -0.642. The number of hydrogen-bond donors (Lipinski definition) is 0. The summed E-state index contributed by atoms with van der Waals surface area (Å²) in [5.74, 6) is 0.219. The number of alkyl halides is 3. The maximum Gasteiger partial charge on any atom is 0.573 e. The van der Waals surface area contributed by atoms with Gasteiger partial charge in [-0.25, -0.2) is 8.42 Å². The first-order chi connectivity index (χ1) is 13.1. The second kappa shape index (κ2) is 8.13. The quantitative estimate of drug-likeness (QED) is 0.594. The summed E-state index contributed by atoms with van der Waals surface area (Å²) >= 11 is 4.72. The molecule has 5 nitrogen and oxygen atoms in total. The highest BCUT2D eigenvalue weighted by atomic mass is 79.9. The van der Waals surface area contributed by atoms with E-state index in [1.165, 1.54) is 35.3 Å². The Kier molecular flexibility index (Phi) is 6.18. The Balaban J connectivity index is 2.04. The van der Waals surface area contributed by atoms with Gasteiger partial charge in [0.2, 0.25) is 10.0 Å². The van der Waals surface area contributed by atoms with Gasteiger partial charge < -0.3 is 9.47 Å². The second-order valence-corrected chi connectivity index (χ2v) is 9.68. The van der Waals surface area contributed by atoms with E-state index in [1.807, 2.05) is 0 Å². The molecule has 0 N–H and O–H groups in total. The van der Waals surface area contributed by atoms with Crippen molar-refractivity contribution in [3.05, 3.63) is 52.5 Å². The summed E-state index contributed by atoms with van der Waals surface area (Å²) in [4.78, 5) is -0.534. The average Bonchev–Trinajstić information content (AvgIpc) is 3.11. The molecule has 3 rings (SSSR count). The van der Waals surface area contributed by atoms with Crippen LogP contribution in [0.3, 0.4) is 0 Å². The van der Waals surface area contributed by atoms with E-state index in [0.717, 1.165) is 16.6 Å². The van der Waals surface area contributed by atoms with Gasteiger partial charge in [0.25, 0.3) is 0 Å². The molecule has 0 aromatic heterocycles. The van der Waals surface area contributed by atoms with Crippen molar-refractivity contribution in [1.82, 2.24) is 4.31 Å². The van der Waals surface area contributed by atoms with Crippen molar-refractivity contribution in [2.75, 3.05) is 19.4 Å². The largest absolute Gasteiger partial charge is 0.573 e. The smallest absolute Gasteiger partial charge is 0.496 e. The first kappa shape index (κ1) is 21.3. The van der Waals surface area contributed by atoms with Crippen LogP contribution in [-0.2, 0) is 10.0 Å². The molecular formula is C17H15BrF3NO4S2. The van der Waals surface area contributed by atoms with E-state index in [-0.39, 0.29) is 6.54 Å². The molecule has 1 saturated heterocycles. The molecule has 0 saturated carbocycles. The maximum absolute atomic E-state index is 13.2. The van der Waals surface area contributed by atoms with Crippen molar-refractivity contribution in [1.29, 1.82) is 0 Å². The van der Waals surface area contributed by atoms with Gasteiger partial charge in [-0.05, 0) is 30.3 Å². The molecule has 11 heteroatoms. The van der Waals surface area contributed by atoms with Crippen molar-refractivity contribution in [2.45, 2.75) is 16.6 Å². The summed E-state index contributed by atoms with van der Waals surface area (Å²) in [5.41, 5.74) is 0.608. The topological polar surface area (TPSA) is 55.8 Å². The number of methoxy groups -OCH3 is 1. The Morgan fingerprint density at radius 3 is 2.57 bits per heavy atom. The number of benzene rings is 2. The normalized spacial score (nSPS) is 18.2. The number of sulfonamides is 1. The Morgan fingerprint density at radius 2 is 1.89 bits per heavy atom. The molecule has 2 aromatic rings. The van der Waals surface area contributed by atoms with E-state index >= 15 is 0 Å². The van der Waals surface area contributed by atoms with Crippen molar-refractivity contribution in [2.24, 2.45) is 0 Å². The van der Waals surface area contributed by atoms with E-state index in [2.05, 4.69) is 20.7 Å². The molecule has 0 spiro atoms.